The minimum atomic E-state index is -0.0872. The number of hydrogen-bond acceptors (Lipinski definition) is 11. The van der Waals surface area contributed by atoms with E-state index in [2.05, 4.69) is 19.8 Å². The van der Waals surface area contributed by atoms with E-state index in [0.717, 1.165) is 37.3 Å². The van der Waals surface area contributed by atoms with Crippen LogP contribution in [0.4, 0.5) is 17.8 Å². The average molecular weight is 463 g/mol. The Kier molecular flexibility index (Phi) is 6.54. The molecule has 3 aromatic rings. The van der Waals surface area contributed by atoms with Gasteiger partial charge in [0.1, 0.15) is 0 Å². The van der Waals surface area contributed by atoms with Crippen LogP contribution in [-0.4, -0.2) is 83.3 Å². The van der Waals surface area contributed by atoms with Crippen molar-refractivity contribution in [2.24, 2.45) is 0 Å². The number of carbonyl (C=O) groups excluding carboxylic acids is 1. The van der Waals surface area contributed by atoms with Gasteiger partial charge in [-0.15, -0.1) is 0 Å². The lowest BCUT2D eigenvalue weighted by molar-refractivity contribution is 0.0992. The predicted molar refractivity (Wildman–Crippen MR) is 126 cm³/mol. The number of hydrogen-bond donors (Lipinski definition) is 1. The Labute approximate surface area is 197 Å². The van der Waals surface area contributed by atoms with Crippen molar-refractivity contribution in [3.8, 4) is 11.4 Å². The Morgan fingerprint density at radius 1 is 0.882 bits per heavy atom. The predicted octanol–water partition coefficient (Wildman–Crippen LogP) is 1.01. The molecule has 2 aromatic heterocycles. The van der Waals surface area contributed by atoms with Crippen molar-refractivity contribution in [2.75, 3.05) is 68.1 Å². The average Bonchev–Trinajstić information content (AvgIpc) is 2.90. The van der Waals surface area contributed by atoms with Gasteiger partial charge >= 0.3 is 0 Å². The second-order valence-corrected chi connectivity index (χ2v) is 8.09. The number of ketones is 1. The van der Waals surface area contributed by atoms with E-state index in [0.29, 0.717) is 49.7 Å². The zero-order chi connectivity index (χ0) is 23.3. The zero-order valence-electron chi connectivity index (χ0n) is 18.8. The number of Topliss-reactive ketones (excluding diaryl/α,β-unsaturated/α-hetero) is 1. The Morgan fingerprint density at radius 3 is 2.06 bits per heavy atom. The summed E-state index contributed by atoms with van der Waals surface area (Å²) >= 11 is 0. The monoisotopic (exact) mass is 462 g/mol. The van der Waals surface area contributed by atoms with Crippen molar-refractivity contribution in [1.82, 2.24) is 24.9 Å². The van der Waals surface area contributed by atoms with E-state index in [1.807, 2.05) is 24.3 Å². The van der Waals surface area contributed by atoms with Crippen LogP contribution in [0, 0.1) is 0 Å². The highest BCUT2D eigenvalue weighted by Crippen LogP contribution is 2.24. The van der Waals surface area contributed by atoms with E-state index in [4.69, 9.17) is 30.2 Å². The maximum atomic E-state index is 12.7. The molecule has 11 nitrogen and oxygen atoms in total. The molecular formula is C23H26N8O3. The van der Waals surface area contributed by atoms with Crippen LogP contribution in [0.15, 0.2) is 36.7 Å². The standard InChI is InChI=1S/C23H26N8O3/c24-21-25-14-18(15-26-21)19(32)13-16-2-1-3-17(12-16)20-27-22(30-4-8-33-9-5-30)29-23(28-20)31-6-10-34-11-7-31/h1-3,12,14-15H,4-11,13H2,(H2,24,25,26). The van der Waals surface area contributed by atoms with Crippen LogP contribution in [0.3, 0.4) is 0 Å². The fraction of sp³-hybridized carbons (Fsp3) is 0.391. The Hall–Kier alpha value is -3.70. The molecule has 34 heavy (non-hydrogen) atoms. The molecular weight excluding hydrogens is 436 g/mol. The number of nitrogens with zero attached hydrogens (tertiary/aromatic N) is 7. The van der Waals surface area contributed by atoms with E-state index in [1.165, 1.54) is 12.4 Å². The van der Waals surface area contributed by atoms with Gasteiger partial charge in [-0.25, -0.2) is 9.97 Å². The van der Waals surface area contributed by atoms with Crippen molar-refractivity contribution in [1.29, 1.82) is 0 Å². The van der Waals surface area contributed by atoms with Gasteiger partial charge in [-0.1, -0.05) is 18.2 Å². The molecule has 4 heterocycles. The molecule has 0 saturated carbocycles. The Balaban J connectivity index is 1.44. The third-order valence-electron chi connectivity index (χ3n) is 5.74. The smallest absolute Gasteiger partial charge is 0.230 e. The summed E-state index contributed by atoms with van der Waals surface area (Å²) in [5.41, 5.74) is 7.61. The van der Waals surface area contributed by atoms with Crippen LogP contribution in [0.2, 0.25) is 0 Å². The van der Waals surface area contributed by atoms with Gasteiger partial charge in [0, 0.05) is 50.6 Å². The summed E-state index contributed by atoms with van der Waals surface area (Å²) in [7, 11) is 0. The quantitative estimate of drug-likeness (QED) is 0.526. The van der Waals surface area contributed by atoms with Crippen LogP contribution in [0.25, 0.3) is 11.4 Å². The van der Waals surface area contributed by atoms with Crippen LogP contribution in [-0.2, 0) is 15.9 Å². The molecule has 0 radical (unpaired) electrons. The molecule has 2 fully saturated rings. The lowest BCUT2D eigenvalue weighted by Gasteiger charge is -2.30. The second kappa shape index (κ2) is 10.1. The first-order valence-electron chi connectivity index (χ1n) is 11.3. The summed E-state index contributed by atoms with van der Waals surface area (Å²) in [4.78, 5) is 39.1. The first-order chi connectivity index (χ1) is 16.7. The molecule has 0 amide bonds. The molecule has 0 spiro atoms. The summed E-state index contributed by atoms with van der Waals surface area (Å²) in [5, 5.41) is 0. The molecule has 0 unspecified atom stereocenters. The lowest BCUT2D eigenvalue weighted by atomic mass is 10.0. The fourth-order valence-electron chi connectivity index (χ4n) is 3.88. The van der Waals surface area contributed by atoms with Crippen molar-refractivity contribution >= 4 is 23.6 Å². The molecule has 11 heteroatoms. The summed E-state index contributed by atoms with van der Waals surface area (Å²) in [6.45, 7) is 5.46. The normalized spacial score (nSPS) is 16.5. The summed E-state index contributed by atoms with van der Waals surface area (Å²) in [6, 6.07) is 7.70. The first-order valence-corrected chi connectivity index (χ1v) is 11.3. The van der Waals surface area contributed by atoms with Crippen LogP contribution in [0.1, 0.15) is 15.9 Å². The number of morpholine rings is 2. The number of ether oxygens (including phenoxy) is 2. The molecule has 1 aromatic carbocycles. The van der Waals surface area contributed by atoms with Gasteiger partial charge in [-0.3, -0.25) is 4.79 Å². The van der Waals surface area contributed by atoms with Gasteiger partial charge < -0.3 is 25.0 Å². The topological polar surface area (TPSA) is 132 Å². The molecule has 2 saturated heterocycles. The van der Waals surface area contributed by atoms with Crippen LogP contribution in [0.5, 0.6) is 0 Å². The number of rotatable bonds is 6. The molecule has 176 valence electrons. The van der Waals surface area contributed by atoms with Gasteiger partial charge in [0.05, 0.1) is 32.0 Å². The van der Waals surface area contributed by atoms with Gasteiger partial charge in [-0.2, -0.15) is 15.0 Å². The first kappa shape index (κ1) is 22.1. The van der Waals surface area contributed by atoms with E-state index in [1.54, 1.807) is 0 Å². The Bertz CT molecular complexity index is 1110. The minimum absolute atomic E-state index is 0.0872. The SMILES string of the molecule is Nc1ncc(C(=O)Cc2cccc(-c3nc(N4CCOCC4)nc(N4CCOCC4)n3)c2)cn1. The van der Waals surface area contributed by atoms with Crippen molar-refractivity contribution < 1.29 is 14.3 Å². The highest BCUT2D eigenvalue weighted by Gasteiger charge is 2.21. The van der Waals surface area contributed by atoms with Gasteiger partial charge in [-0.05, 0) is 11.6 Å². The molecule has 5 rings (SSSR count). The molecule has 2 aliphatic rings. The van der Waals surface area contributed by atoms with E-state index >= 15 is 0 Å². The maximum absolute atomic E-state index is 12.7. The molecule has 0 aliphatic carbocycles. The molecule has 0 atom stereocenters. The van der Waals surface area contributed by atoms with Crippen molar-refractivity contribution in [2.45, 2.75) is 6.42 Å². The van der Waals surface area contributed by atoms with Crippen LogP contribution < -0.4 is 15.5 Å². The number of benzene rings is 1. The molecule has 0 bridgehead atoms. The van der Waals surface area contributed by atoms with Crippen LogP contribution >= 0.6 is 0 Å². The number of anilines is 3. The number of nitrogens with two attached hydrogens (primary N) is 1. The summed E-state index contributed by atoms with van der Waals surface area (Å²) < 4.78 is 11.0. The molecule has 2 N–H and O–H groups in total. The maximum Gasteiger partial charge on any atom is 0.230 e. The fourth-order valence-corrected chi connectivity index (χ4v) is 3.88. The summed E-state index contributed by atoms with van der Waals surface area (Å²) in [6.07, 6.45) is 3.10. The van der Waals surface area contributed by atoms with E-state index in [9.17, 15) is 4.79 Å². The minimum Gasteiger partial charge on any atom is -0.378 e. The molecule has 2 aliphatic heterocycles. The number of nitrogen functional groups attached to an aromatic ring is 1. The largest absolute Gasteiger partial charge is 0.378 e. The Morgan fingerprint density at radius 2 is 1.47 bits per heavy atom. The van der Waals surface area contributed by atoms with Gasteiger partial charge in [0.25, 0.3) is 0 Å². The van der Waals surface area contributed by atoms with E-state index < -0.39 is 0 Å². The number of aromatic nitrogens is 5. The summed E-state index contributed by atoms with van der Waals surface area (Å²) in [5.74, 6) is 1.89. The second-order valence-electron chi connectivity index (χ2n) is 8.09. The van der Waals surface area contributed by atoms with Gasteiger partial charge in [0.2, 0.25) is 17.8 Å². The number of carbonyl (C=O) groups is 1. The van der Waals surface area contributed by atoms with E-state index in [-0.39, 0.29) is 18.2 Å². The van der Waals surface area contributed by atoms with Gasteiger partial charge in [0.15, 0.2) is 11.6 Å². The highest BCUT2D eigenvalue weighted by molar-refractivity contribution is 5.97. The third kappa shape index (κ3) is 5.10. The highest BCUT2D eigenvalue weighted by atomic mass is 16.5. The zero-order valence-corrected chi connectivity index (χ0v) is 18.8. The van der Waals surface area contributed by atoms with Crippen molar-refractivity contribution in [3.05, 3.63) is 47.8 Å². The third-order valence-corrected chi connectivity index (χ3v) is 5.74. The lowest BCUT2D eigenvalue weighted by Crippen LogP contribution is -2.40. The van der Waals surface area contributed by atoms with Crippen molar-refractivity contribution in [3.63, 3.8) is 0 Å².